The number of carbonyl (C=O) groups excluding carboxylic acids is 3. The number of amides is 2. The molecular weight excluding hydrogens is 370 g/mol. The van der Waals surface area contributed by atoms with Crippen LogP contribution in [0.5, 0.6) is 0 Å². The van der Waals surface area contributed by atoms with Gasteiger partial charge in [-0.1, -0.05) is 18.7 Å². The van der Waals surface area contributed by atoms with Gasteiger partial charge in [0.1, 0.15) is 0 Å². The minimum absolute atomic E-state index is 0.0417. The van der Waals surface area contributed by atoms with Crippen LogP contribution < -0.4 is 16.3 Å². The Kier molecular flexibility index (Phi) is 6.94. The van der Waals surface area contributed by atoms with Gasteiger partial charge in [0, 0.05) is 31.6 Å². The number of anilines is 2. The normalized spacial score (nSPS) is 10.5. The molecule has 0 bridgehead atoms. The van der Waals surface area contributed by atoms with Gasteiger partial charge in [0.05, 0.1) is 11.4 Å². The maximum Gasteiger partial charge on any atom is 0.343 e. The molecule has 0 aliphatic carbocycles. The largest absolute Gasteiger partial charge is 0.343 e. The van der Waals surface area contributed by atoms with E-state index in [-0.39, 0.29) is 29.0 Å². The number of nitrogens with zero attached hydrogens (tertiary/aromatic N) is 2. The third-order valence-electron chi connectivity index (χ3n) is 3.45. The molecule has 10 heteroatoms. The summed E-state index contributed by atoms with van der Waals surface area (Å²) in [5, 5.41) is 12.0. The lowest BCUT2D eigenvalue weighted by Crippen LogP contribution is -2.18. The molecule has 0 radical (unpaired) electrons. The molecular formula is C17H21N5O4S. The van der Waals surface area contributed by atoms with Gasteiger partial charge in [-0.05, 0) is 24.6 Å². The van der Waals surface area contributed by atoms with Crippen LogP contribution >= 0.6 is 11.8 Å². The molecule has 0 atom stereocenters. The smallest absolute Gasteiger partial charge is 0.326 e. The van der Waals surface area contributed by atoms with E-state index in [0.29, 0.717) is 28.6 Å². The second-order valence-electron chi connectivity index (χ2n) is 5.80. The van der Waals surface area contributed by atoms with Gasteiger partial charge in [0.15, 0.2) is 10.9 Å². The molecule has 1 aromatic heterocycles. The lowest BCUT2D eigenvalue weighted by atomic mass is 10.1. The van der Waals surface area contributed by atoms with Crippen molar-refractivity contribution in [2.45, 2.75) is 38.9 Å². The standard InChI is InChI=1S/C17H21N5O4S/c1-4-7-22-16(26)20-21-17(22)27-9-15(25)13-6-5-12(18-10(2)23)8-14(13)19-11(3)24/h5-6,8H,4,7,9H2,1-3H3,(H,18,23)(H,19,24)(H,20,26). The highest BCUT2D eigenvalue weighted by molar-refractivity contribution is 7.99. The van der Waals surface area contributed by atoms with Gasteiger partial charge >= 0.3 is 5.69 Å². The van der Waals surface area contributed by atoms with Crippen LogP contribution in [0.4, 0.5) is 11.4 Å². The van der Waals surface area contributed by atoms with Crippen molar-refractivity contribution in [3.05, 3.63) is 34.2 Å². The maximum absolute atomic E-state index is 12.6. The Morgan fingerprint density at radius 1 is 1.19 bits per heavy atom. The molecule has 0 saturated carbocycles. The summed E-state index contributed by atoms with van der Waals surface area (Å²) in [7, 11) is 0. The Morgan fingerprint density at radius 2 is 1.89 bits per heavy atom. The molecule has 2 aromatic rings. The zero-order chi connectivity index (χ0) is 20.0. The Balaban J connectivity index is 2.20. The molecule has 1 aromatic carbocycles. The fourth-order valence-corrected chi connectivity index (χ4v) is 3.26. The molecule has 144 valence electrons. The van der Waals surface area contributed by atoms with Gasteiger partial charge in [-0.3, -0.25) is 19.0 Å². The topological polar surface area (TPSA) is 126 Å². The van der Waals surface area contributed by atoms with Gasteiger partial charge < -0.3 is 10.6 Å². The fourth-order valence-electron chi connectivity index (χ4n) is 2.40. The number of Topliss-reactive ketones (excluding diaryl/α,β-unsaturated/α-hetero) is 1. The summed E-state index contributed by atoms with van der Waals surface area (Å²) < 4.78 is 1.48. The zero-order valence-corrected chi connectivity index (χ0v) is 16.1. The van der Waals surface area contributed by atoms with Crippen molar-refractivity contribution < 1.29 is 14.4 Å². The summed E-state index contributed by atoms with van der Waals surface area (Å²) in [5.41, 5.74) is 0.781. The Labute approximate surface area is 159 Å². The van der Waals surface area contributed by atoms with E-state index in [0.717, 1.165) is 18.2 Å². The lowest BCUT2D eigenvalue weighted by Gasteiger charge is -2.12. The maximum atomic E-state index is 12.6. The Hall–Kier alpha value is -2.88. The first-order valence-corrected chi connectivity index (χ1v) is 9.30. The van der Waals surface area contributed by atoms with Crippen LogP contribution in [0, 0.1) is 0 Å². The van der Waals surface area contributed by atoms with Crippen molar-refractivity contribution in [2.75, 3.05) is 16.4 Å². The summed E-state index contributed by atoms with van der Waals surface area (Å²) in [6.07, 6.45) is 0.762. The number of nitrogens with one attached hydrogen (secondary N) is 3. The van der Waals surface area contributed by atoms with E-state index in [9.17, 15) is 19.2 Å². The van der Waals surface area contributed by atoms with Crippen molar-refractivity contribution in [3.63, 3.8) is 0 Å². The van der Waals surface area contributed by atoms with Gasteiger partial charge in [-0.2, -0.15) is 0 Å². The molecule has 2 amide bonds. The number of benzene rings is 1. The SMILES string of the molecule is CCCn1c(SCC(=O)c2ccc(NC(C)=O)cc2NC(C)=O)n[nH]c1=O. The number of ketones is 1. The highest BCUT2D eigenvalue weighted by atomic mass is 32.2. The molecule has 27 heavy (non-hydrogen) atoms. The van der Waals surface area contributed by atoms with Crippen molar-refractivity contribution in [2.24, 2.45) is 0 Å². The zero-order valence-electron chi connectivity index (χ0n) is 15.3. The van der Waals surface area contributed by atoms with Gasteiger partial charge in [0.25, 0.3) is 0 Å². The van der Waals surface area contributed by atoms with E-state index in [2.05, 4.69) is 20.8 Å². The van der Waals surface area contributed by atoms with Gasteiger partial charge in [-0.25, -0.2) is 9.89 Å². The van der Waals surface area contributed by atoms with Crippen molar-refractivity contribution in [1.29, 1.82) is 0 Å². The minimum atomic E-state index is -0.333. The molecule has 0 aliphatic rings. The predicted octanol–water partition coefficient (Wildman–Crippen LogP) is 1.87. The van der Waals surface area contributed by atoms with Crippen molar-refractivity contribution >= 4 is 40.7 Å². The van der Waals surface area contributed by atoms with E-state index in [1.54, 1.807) is 12.1 Å². The van der Waals surface area contributed by atoms with E-state index in [1.165, 1.54) is 24.5 Å². The number of aromatic nitrogens is 3. The highest BCUT2D eigenvalue weighted by Crippen LogP contribution is 2.24. The first-order chi connectivity index (χ1) is 12.8. The fraction of sp³-hybridized carbons (Fsp3) is 0.353. The van der Waals surface area contributed by atoms with E-state index in [4.69, 9.17) is 0 Å². The first-order valence-electron chi connectivity index (χ1n) is 8.32. The average Bonchev–Trinajstić information content (AvgIpc) is 2.92. The van der Waals surface area contributed by atoms with Crippen LogP contribution in [0.25, 0.3) is 0 Å². The second-order valence-corrected chi connectivity index (χ2v) is 6.74. The molecule has 0 spiro atoms. The predicted molar refractivity (Wildman–Crippen MR) is 103 cm³/mol. The van der Waals surface area contributed by atoms with Crippen LogP contribution in [-0.4, -0.2) is 38.1 Å². The number of aromatic amines is 1. The van der Waals surface area contributed by atoms with Crippen LogP contribution in [0.2, 0.25) is 0 Å². The molecule has 0 aliphatic heterocycles. The van der Waals surface area contributed by atoms with Crippen molar-refractivity contribution in [3.8, 4) is 0 Å². The van der Waals surface area contributed by atoms with Crippen molar-refractivity contribution in [1.82, 2.24) is 14.8 Å². The summed E-state index contributed by atoms with van der Waals surface area (Å²) in [6.45, 7) is 5.15. The summed E-state index contributed by atoms with van der Waals surface area (Å²) in [6, 6.07) is 4.66. The molecule has 3 N–H and O–H groups in total. The number of hydrogen-bond acceptors (Lipinski definition) is 6. The summed E-state index contributed by atoms with van der Waals surface area (Å²) in [5.74, 6) is -0.789. The third kappa shape index (κ3) is 5.55. The molecule has 9 nitrogen and oxygen atoms in total. The van der Waals surface area contributed by atoms with Gasteiger partial charge in [0.2, 0.25) is 11.8 Å². The van der Waals surface area contributed by atoms with E-state index < -0.39 is 0 Å². The average molecular weight is 391 g/mol. The van der Waals surface area contributed by atoms with Crippen LogP contribution in [0.3, 0.4) is 0 Å². The molecule has 0 fully saturated rings. The first kappa shape index (κ1) is 20.4. The van der Waals surface area contributed by atoms with Crippen LogP contribution in [0.1, 0.15) is 37.6 Å². The Bertz CT molecular complexity index is 918. The quantitative estimate of drug-likeness (QED) is 0.466. The summed E-state index contributed by atoms with van der Waals surface area (Å²) >= 11 is 1.14. The van der Waals surface area contributed by atoms with E-state index in [1.807, 2.05) is 6.92 Å². The number of H-pyrrole nitrogens is 1. The van der Waals surface area contributed by atoms with E-state index >= 15 is 0 Å². The van der Waals surface area contributed by atoms with Gasteiger partial charge in [-0.15, -0.1) is 5.10 Å². The number of carbonyl (C=O) groups is 3. The molecule has 2 rings (SSSR count). The number of rotatable bonds is 8. The Morgan fingerprint density at radius 3 is 2.52 bits per heavy atom. The molecule has 1 heterocycles. The third-order valence-corrected chi connectivity index (χ3v) is 4.43. The van der Waals surface area contributed by atoms with Crippen LogP contribution in [0.15, 0.2) is 28.2 Å². The second kappa shape index (κ2) is 9.17. The van der Waals surface area contributed by atoms with Crippen LogP contribution in [-0.2, 0) is 16.1 Å². The summed E-state index contributed by atoms with van der Waals surface area (Å²) in [4.78, 5) is 47.0. The number of hydrogen-bond donors (Lipinski definition) is 3. The number of thioether (sulfide) groups is 1. The monoisotopic (exact) mass is 391 g/mol. The minimum Gasteiger partial charge on any atom is -0.326 e. The molecule has 0 saturated heterocycles. The lowest BCUT2D eigenvalue weighted by molar-refractivity contribution is -0.115. The molecule has 0 unspecified atom stereocenters. The highest BCUT2D eigenvalue weighted by Gasteiger charge is 2.16.